The molecule has 0 aliphatic carbocycles. The van der Waals surface area contributed by atoms with E-state index in [9.17, 15) is 14.4 Å². The van der Waals surface area contributed by atoms with Gasteiger partial charge in [0, 0.05) is 13.6 Å². The smallest absolute Gasteiger partial charge is 0.329 e. The zero-order valence-corrected chi connectivity index (χ0v) is 9.86. The standard InChI is InChI=1S/C10H16N2O5/c1-7(2)4-12(3)10(16)11-8(13)5-17-6-9(14)15/h1,4-6H2,2-3H3,(H,14,15)(H,11,13,16). The molecule has 0 heterocycles. The normalized spacial score (nSPS) is 9.53. The molecule has 0 bridgehead atoms. The maximum Gasteiger partial charge on any atom is 0.329 e. The first-order chi connectivity index (χ1) is 7.82. The highest BCUT2D eigenvalue weighted by atomic mass is 16.5. The predicted molar refractivity (Wildman–Crippen MR) is 59.4 cm³/mol. The number of carboxylic acids is 1. The lowest BCUT2D eigenvalue weighted by Crippen LogP contribution is -2.42. The summed E-state index contributed by atoms with van der Waals surface area (Å²) in [6.45, 7) is 4.66. The van der Waals surface area contributed by atoms with Gasteiger partial charge in [-0.2, -0.15) is 0 Å². The molecule has 0 aliphatic heterocycles. The van der Waals surface area contributed by atoms with Gasteiger partial charge in [0.1, 0.15) is 13.2 Å². The summed E-state index contributed by atoms with van der Waals surface area (Å²) in [4.78, 5) is 33.9. The Kier molecular flexibility index (Phi) is 6.57. The van der Waals surface area contributed by atoms with Crippen molar-refractivity contribution in [1.29, 1.82) is 0 Å². The number of carbonyl (C=O) groups excluding carboxylic acids is 2. The molecule has 0 aromatic rings. The van der Waals surface area contributed by atoms with E-state index in [1.165, 1.54) is 11.9 Å². The molecular formula is C10H16N2O5. The van der Waals surface area contributed by atoms with Gasteiger partial charge in [-0.05, 0) is 6.92 Å². The highest BCUT2D eigenvalue weighted by Crippen LogP contribution is 1.92. The number of rotatable bonds is 6. The number of aliphatic carboxylic acids is 1. The molecule has 7 heteroatoms. The van der Waals surface area contributed by atoms with Crippen LogP contribution in [0.5, 0.6) is 0 Å². The summed E-state index contributed by atoms with van der Waals surface area (Å²) in [6.07, 6.45) is 0. The maximum atomic E-state index is 11.4. The van der Waals surface area contributed by atoms with Crippen LogP contribution in [0.4, 0.5) is 4.79 Å². The number of carbonyl (C=O) groups is 3. The fraction of sp³-hybridized carbons (Fsp3) is 0.500. The Labute approximate surface area is 99.0 Å². The lowest BCUT2D eigenvalue weighted by molar-refractivity contribution is -0.143. The van der Waals surface area contributed by atoms with Gasteiger partial charge in [0.15, 0.2) is 0 Å². The van der Waals surface area contributed by atoms with Gasteiger partial charge < -0.3 is 14.7 Å². The second kappa shape index (κ2) is 7.39. The van der Waals surface area contributed by atoms with Gasteiger partial charge >= 0.3 is 12.0 Å². The van der Waals surface area contributed by atoms with E-state index in [-0.39, 0.29) is 0 Å². The van der Waals surface area contributed by atoms with Crippen LogP contribution < -0.4 is 5.32 Å². The van der Waals surface area contributed by atoms with Gasteiger partial charge in [-0.15, -0.1) is 0 Å². The van der Waals surface area contributed by atoms with Gasteiger partial charge in [0.25, 0.3) is 5.91 Å². The number of urea groups is 1. The van der Waals surface area contributed by atoms with Crippen molar-refractivity contribution < 1.29 is 24.2 Å². The third-order valence-corrected chi connectivity index (χ3v) is 1.56. The molecular weight excluding hydrogens is 228 g/mol. The predicted octanol–water partition coefficient (Wildman–Crippen LogP) is -0.168. The molecule has 2 N–H and O–H groups in total. The van der Waals surface area contributed by atoms with E-state index < -0.39 is 31.1 Å². The highest BCUT2D eigenvalue weighted by Gasteiger charge is 2.12. The summed E-state index contributed by atoms with van der Waals surface area (Å²) < 4.78 is 4.52. The van der Waals surface area contributed by atoms with Crippen molar-refractivity contribution in [3.63, 3.8) is 0 Å². The Bertz CT molecular complexity index is 327. The molecule has 0 aromatic carbocycles. The average Bonchev–Trinajstić information content (AvgIpc) is 2.15. The van der Waals surface area contributed by atoms with Gasteiger partial charge in [-0.1, -0.05) is 12.2 Å². The molecule has 0 rings (SSSR count). The van der Waals surface area contributed by atoms with E-state index in [1.807, 2.05) is 5.32 Å². The number of nitrogens with zero attached hydrogens (tertiary/aromatic N) is 1. The number of amides is 3. The van der Waals surface area contributed by atoms with Gasteiger partial charge in [-0.25, -0.2) is 9.59 Å². The highest BCUT2D eigenvalue weighted by molar-refractivity contribution is 5.94. The van der Waals surface area contributed by atoms with Crippen molar-refractivity contribution in [1.82, 2.24) is 10.2 Å². The first kappa shape index (κ1) is 15.1. The monoisotopic (exact) mass is 244 g/mol. The van der Waals surface area contributed by atoms with Crippen LogP contribution in [-0.4, -0.2) is 54.7 Å². The van der Waals surface area contributed by atoms with E-state index in [0.717, 1.165) is 5.57 Å². The molecule has 0 saturated heterocycles. The van der Waals surface area contributed by atoms with Crippen molar-refractivity contribution in [2.45, 2.75) is 6.92 Å². The van der Waals surface area contributed by atoms with E-state index in [2.05, 4.69) is 11.3 Å². The molecule has 3 amide bonds. The Hall–Kier alpha value is -1.89. The van der Waals surface area contributed by atoms with Crippen LogP contribution >= 0.6 is 0 Å². The fourth-order valence-electron chi connectivity index (χ4n) is 0.959. The average molecular weight is 244 g/mol. The lowest BCUT2D eigenvalue weighted by Gasteiger charge is -2.16. The van der Waals surface area contributed by atoms with Crippen LogP contribution in [0.25, 0.3) is 0 Å². The zero-order chi connectivity index (χ0) is 13.4. The van der Waals surface area contributed by atoms with E-state index in [0.29, 0.717) is 6.54 Å². The summed E-state index contributed by atoms with van der Waals surface area (Å²) >= 11 is 0. The largest absolute Gasteiger partial charge is 0.480 e. The zero-order valence-electron chi connectivity index (χ0n) is 9.86. The van der Waals surface area contributed by atoms with Gasteiger partial charge in [0.05, 0.1) is 0 Å². The molecule has 17 heavy (non-hydrogen) atoms. The summed E-state index contributed by atoms with van der Waals surface area (Å²) in [7, 11) is 1.51. The van der Waals surface area contributed by atoms with Gasteiger partial charge in [0.2, 0.25) is 0 Å². The Morgan fingerprint density at radius 2 is 1.94 bits per heavy atom. The number of imide groups is 1. The first-order valence-electron chi connectivity index (χ1n) is 4.81. The van der Waals surface area contributed by atoms with Crippen LogP contribution in [0.3, 0.4) is 0 Å². The molecule has 0 saturated carbocycles. The molecule has 0 spiro atoms. The number of carboxylic acid groups (broad SMARTS) is 1. The van der Waals surface area contributed by atoms with E-state index in [1.54, 1.807) is 6.92 Å². The molecule has 0 fully saturated rings. The lowest BCUT2D eigenvalue weighted by atomic mass is 10.3. The molecule has 0 aromatic heterocycles. The third kappa shape index (κ3) is 7.97. The molecule has 7 nitrogen and oxygen atoms in total. The maximum absolute atomic E-state index is 11.4. The quantitative estimate of drug-likeness (QED) is 0.632. The minimum absolute atomic E-state index is 0.328. The van der Waals surface area contributed by atoms with E-state index in [4.69, 9.17) is 5.11 Å². The number of nitrogens with one attached hydrogen (secondary N) is 1. The molecule has 96 valence electrons. The van der Waals surface area contributed by atoms with Crippen molar-refractivity contribution >= 4 is 17.9 Å². The SMILES string of the molecule is C=C(C)CN(C)C(=O)NC(=O)COCC(=O)O. The van der Waals surface area contributed by atoms with Crippen LogP contribution in [0.2, 0.25) is 0 Å². The topological polar surface area (TPSA) is 95.9 Å². The number of ether oxygens (including phenoxy) is 1. The minimum Gasteiger partial charge on any atom is -0.480 e. The fourth-order valence-corrected chi connectivity index (χ4v) is 0.959. The van der Waals surface area contributed by atoms with Crippen molar-refractivity contribution in [3.05, 3.63) is 12.2 Å². The summed E-state index contributed by atoms with van der Waals surface area (Å²) in [5.41, 5.74) is 0.775. The molecule has 0 atom stereocenters. The number of likely N-dealkylation sites (N-methyl/N-ethyl adjacent to an activating group) is 1. The molecule has 0 radical (unpaired) electrons. The molecule has 0 aliphatic rings. The Morgan fingerprint density at radius 3 is 2.41 bits per heavy atom. The van der Waals surface area contributed by atoms with Crippen LogP contribution in [-0.2, 0) is 14.3 Å². The van der Waals surface area contributed by atoms with Crippen LogP contribution in [0.1, 0.15) is 6.92 Å². The Morgan fingerprint density at radius 1 is 1.35 bits per heavy atom. The summed E-state index contributed by atoms with van der Waals surface area (Å²) in [6, 6.07) is -0.586. The second-order valence-corrected chi connectivity index (χ2v) is 3.55. The second-order valence-electron chi connectivity index (χ2n) is 3.55. The number of hydrogen-bond donors (Lipinski definition) is 2. The summed E-state index contributed by atoms with van der Waals surface area (Å²) in [5, 5.41) is 10.3. The van der Waals surface area contributed by atoms with Crippen molar-refractivity contribution in [2.24, 2.45) is 0 Å². The van der Waals surface area contributed by atoms with Gasteiger partial charge in [-0.3, -0.25) is 10.1 Å². The molecule has 0 unspecified atom stereocenters. The van der Waals surface area contributed by atoms with Crippen molar-refractivity contribution in [2.75, 3.05) is 26.8 Å². The van der Waals surface area contributed by atoms with Crippen LogP contribution in [0, 0.1) is 0 Å². The number of hydrogen-bond acceptors (Lipinski definition) is 4. The first-order valence-corrected chi connectivity index (χ1v) is 4.81. The minimum atomic E-state index is -1.18. The Balaban J connectivity index is 3.91. The van der Waals surface area contributed by atoms with Crippen molar-refractivity contribution in [3.8, 4) is 0 Å². The van der Waals surface area contributed by atoms with E-state index >= 15 is 0 Å². The van der Waals surface area contributed by atoms with Crippen LogP contribution in [0.15, 0.2) is 12.2 Å². The third-order valence-electron chi connectivity index (χ3n) is 1.56. The summed E-state index contributed by atoms with van der Waals surface area (Å²) in [5.74, 6) is -1.87.